The van der Waals surface area contributed by atoms with Gasteiger partial charge in [-0.15, -0.1) is 0 Å². The Labute approximate surface area is 132 Å². The summed E-state index contributed by atoms with van der Waals surface area (Å²) < 4.78 is 5.12. The van der Waals surface area contributed by atoms with Crippen molar-refractivity contribution in [2.24, 2.45) is 0 Å². The van der Waals surface area contributed by atoms with Crippen LogP contribution < -0.4 is 10.6 Å². The van der Waals surface area contributed by atoms with Crippen molar-refractivity contribution >= 4 is 11.7 Å². The van der Waals surface area contributed by atoms with Gasteiger partial charge in [0.2, 0.25) is 5.89 Å². The number of nitrogens with one attached hydrogen (secondary N) is 2. The summed E-state index contributed by atoms with van der Waals surface area (Å²) in [7, 11) is 0. The van der Waals surface area contributed by atoms with Gasteiger partial charge in [-0.3, -0.25) is 4.98 Å². The summed E-state index contributed by atoms with van der Waals surface area (Å²) in [5.41, 5.74) is 1.71. The minimum Gasteiger partial charge on any atom is -0.337 e. The van der Waals surface area contributed by atoms with Crippen LogP contribution in [0.3, 0.4) is 0 Å². The van der Waals surface area contributed by atoms with Crippen LogP contribution in [0.5, 0.6) is 0 Å². The highest BCUT2D eigenvalue weighted by Crippen LogP contribution is 2.07. The van der Waals surface area contributed by atoms with E-state index in [-0.39, 0.29) is 12.6 Å². The molecule has 2 aromatic heterocycles. The van der Waals surface area contributed by atoms with E-state index in [0.29, 0.717) is 23.8 Å². The first-order chi connectivity index (χ1) is 11.3. The van der Waals surface area contributed by atoms with Gasteiger partial charge in [-0.2, -0.15) is 4.98 Å². The highest BCUT2D eigenvalue weighted by Gasteiger charge is 2.09. The zero-order chi connectivity index (χ0) is 15.9. The lowest BCUT2D eigenvalue weighted by molar-refractivity contribution is 0.249. The van der Waals surface area contributed by atoms with Gasteiger partial charge in [0.05, 0.1) is 18.4 Å². The maximum atomic E-state index is 11.7. The molecule has 116 valence electrons. The first-order valence-corrected chi connectivity index (χ1v) is 7.10. The molecule has 2 heterocycles. The zero-order valence-electron chi connectivity index (χ0n) is 12.3. The Bertz CT molecular complexity index is 758. The maximum Gasteiger partial charge on any atom is 0.319 e. The Morgan fingerprint density at radius 1 is 1.13 bits per heavy atom. The first-order valence-electron chi connectivity index (χ1n) is 7.10. The Kier molecular flexibility index (Phi) is 4.58. The fourth-order valence-electron chi connectivity index (χ4n) is 1.98. The Morgan fingerprint density at radius 3 is 2.78 bits per heavy atom. The number of carbonyl (C=O) groups excluding carboxylic acids is 1. The maximum absolute atomic E-state index is 11.7. The Balaban J connectivity index is 1.50. The average Bonchev–Trinajstić information content (AvgIpc) is 3.02. The molecular weight excluding hydrogens is 294 g/mol. The number of hydrogen-bond donors (Lipinski definition) is 2. The van der Waals surface area contributed by atoms with Gasteiger partial charge in [0.1, 0.15) is 0 Å². The van der Waals surface area contributed by atoms with Crippen molar-refractivity contribution in [3.05, 3.63) is 72.1 Å². The topological polar surface area (TPSA) is 92.9 Å². The Hall–Kier alpha value is -3.22. The van der Waals surface area contributed by atoms with Crippen LogP contribution in [0.4, 0.5) is 10.5 Å². The molecule has 0 aliphatic rings. The van der Waals surface area contributed by atoms with Gasteiger partial charge < -0.3 is 15.2 Å². The molecule has 2 N–H and O–H groups in total. The number of carbonyl (C=O) groups is 1. The molecule has 0 saturated heterocycles. The SMILES string of the molecule is O=C(NCc1nc(Cc2ccccc2)no1)Nc1cccnc1. The number of aromatic nitrogens is 3. The van der Waals surface area contributed by atoms with Gasteiger partial charge >= 0.3 is 6.03 Å². The van der Waals surface area contributed by atoms with E-state index in [9.17, 15) is 4.79 Å². The number of rotatable bonds is 5. The molecule has 1 aromatic carbocycles. The van der Waals surface area contributed by atoms with E-state index in [1.54, 1.807) is 24.5 Å². The van der Waals surface area contributed by atoms with Crippen LogP contribution in [0.25, 0.3) is 0 Å². The number of urea groups is 1. The van der Waals surface area contributed by atoms with Gasteiger partial charge in [0.25, 0.3) is 0 Å². The molecule has 0 bridgehead atoms. The summed E-state index contributed by atoms with van der Waals surface area (Å²) in [6, 6.07) is 13.0. The lowest BCUT2D eigenvalue weighted by atomic mass is 10.1. The van der Waals surface area contributed by atoms with E-state index < -0.39 is 0 Å². The van der Waals surface area contributed by atoms with E-state index in [0.717, 1.165) is 5.56 Å². The fourth-order valence-corrected chi connectivity index (χ4v) is 1.98. The monoisotopic (exact) mass is 309 g/mol. The van der Waals surface area contributed by atoms with E-state index in [1.165, 1.54) is 0 Å². The van der Waals surface area contributed by atoms with Crippen molar-refractivity contribution in [3.63, 3.8) is 0 Å². The lowest BCUT2D eigenvalue weighted by Gasteiger charge is -2.04. The normalized spacial score (nSPS) is 10.3. The quantitative estimate of drug-likeness (QED) is 0.755. The molecular formula is C16H15N5O2. The summed E-state index contributed by atoms with van der Waals surface area (Å²) in [5.74, 6) is 0.943. The number of nitrogens with zero attached hydrogens (tertiary/aromatic N) is 3. The van der Waals surface area contributed by atoms with Gasteiger partial charge in [0, 0.05) is 12.6 Å². The third kappa shape index (κ3) is 4.37. The van der Waals surface area contributed by atoms with Crippen molar-refractivity contribution in [1.82, 2.24) is 20.4 Å². The largest absolute Gasteiger partial charge is 0.337 e. The number of hydrogen-bond acceptors (Lipinski definition) is 5. The fraction of sp³-hybridized carbons (Fsp3) is 0.125. The third-order valence-corrected chi connectivity index (χ3v) is 3.03. The second-order valence-electron chi connectivity index (χ2n) is 4.82. The van der Waals surface area contributed by atoms with Gasteiger partial charge in [-0.05, 0) is 17.7 Å². The van der Waals surface area contributed by atoms with Crippen molar-refractivity contribution in [2.45, 2.75) is 13.0 Å². The minimum atomic E-state index is -0.360. The second-order valence-corrected chi connectivity index (χ2v) is 4.82. The lowest BCUT2D eigenvalue weighted by Crippen LogP contribution is -2.28. The molecule has 0 spiro atoms. The molecule has 3 rings (SSSR count). The zero-order valence-corrected chi connectivity index (χ0v) is 12.3. The summed E-state index contributed by atoms with van der Waals surface area (Å²) in [6.45, 7) is 0.161. The van der Waals surface area contributed by atoms with Crippen molar-refractivity contribution in [2.75, 3.05) is 5.32 Å². The van der Waals surface area contributed by atoms with E-state index in [4.69, 9.17) is 4.52 Å². The van der Waals surface area contributed by atoms with Crippen molar-refractivity contribution in [1.29, 1.82) is 0 Å². The number of amides is 2. The van der Waals surface area contributed by atoms with Crippen molar-refractivity contribution < 1.29 is 9.32 Å². The van der Waals surface area contributed by atoms with Crippen LogP contribution in [0.2, 0.25) is 0 Å². The first kappa shape index (κ1) is 14.7. The molecule has 0 unspecified atom stereocenters. The summed E-state index contributed by atoms with van der Waals surface area (Å²) in [6.07, 6.45) is 3.78. The van der Waals surface area contributed by atoms with Gasteiger partial charge in [-0.1, -0.05) is 35.5 Å². The van der Waals surface area contributed by atoms with Crippen LogP contribution in [0, 0.1) is 0 Å². The van der Waals surface area contributed by atoms with E-state index >= 15 is 0 Å². The molecule has 7 heteroatoms. The predicted octanol–water partition coefficient (Wildman–Crippen LogP) is 2.38. The average molecular weight is 309 g/mol. The van der Waals surface area contributed by atoms with Gasteiger partial charge in [0.15, 0.2) is 5.82 Å². The van der Waals surface area contributed by atoms with Crippen LogP contribution in [-0.4, -0.2) is 21.2 Å². The second kappa shape index (κ2) is 7.17. The summed E-state index contributed by atoms with van der Waals surface area (Å²) in [5, 5.41) is 9.21. The molecule has 0 aliphatic carbocycles. The third-order valence-electron chi connectivity index (χ3n) is 3.03. The van der Waals surface area contributed by atoms with Crippen LogP contribution in [0.1, 0.15) is 17.3 Å². The smallest absolute Gasteiger partial charge is 0.319 e. The van der Waals surface area contributed by atoms with Crippen molar-refractivity contribution in [3.8, 4) is 0 Å². The van der Waals surface area contributed by atoms with Crippen LogP contribution in [-0.2, 0) is 13.0 Å². The molecule has 0 saturated carbocycles. The number of anilines is 1. The molecule has 2 amide bonds. The molecule has 23 heavy (non-hydrogen) atoms. The molecule has 7 nitrogen and oxygen atoms in total. The predicted molar refractivity (Wildman–Crippen MR) is 83.6 cm³/mol. The van der Waals surface area contributed by atoms with Gasteiger partial charge in [-0.25, -0.2) is 4.79 Å². The summed E-state index contributed by atoms with van der Waals surface area (Å²) >= 11 is 0. The van der Waals surface area contributed by atoms with Crippen LogP contribution >= 0.6 is 0 Å². The molecule has 0 fully saturated rings. The molecule has 0 radical (unpaired) electrons. The summed E-state index contributed by atoms with van der Waals surface area (Å²) in [4.78, 5) is 19.9. The molecule has 3 aromatic rings. The van der Waals surface area contributed by atoms with Crippen LogP contribution in [0.15, 0.2) is 59.4 Å². The Morgan fingerprint density at radius 2 is 2.00 bits per heavy atom. The van der Waals surface area contributed by atoms with E-state index in [2.05, 4.69) is 25.8 Å². The standard InChI is InChI=1S/C16H15N5O2/c22-16(19-13-7-4-8-17-10-13)18-11-15-20-14(21-23-15)9-12-5-2-1-3-6-12/h1-8,10H,9,11H2,(H2,18,19,22). The van der Waals surface area contributed by atoms with E-state index in [1.807, 2.05) is 30.3 Å². The number of benzene rings is 1. The number of pyridine rings is 1. The molecule has 0 aliphatic heterocycles. The molecule has 0 atom stereocenters. The highest BCUT2D eigenvalue weighted by molar-refractivity contribution is 5.88. The highest BCUT2D eigenvalue weighted by atomic mass is 16.5. The minimum absolute atomic E-state index is 0.161.